The molecule has 3 aliphatic rings. The van der Waals surface area contributed by atoms with E-state index in [-0.39, 0.29) is 0 Å². The Morgan fingerprint density at radius 3 is 3.21 bits per heavy atom. The Balaban J connectivity index is 1.65. The van der Waals surface area contributed by atoms with Crippen molar-refractivity contribution in [3.8, 4) is 0 Å². The molecular weight excluding hydrogens is 232 g/mol. The molecule has 4 rings (SSSR count). The first-order valence-electron chi connectivity index (χ1n) is 7.88. The summed E-state index contributed by atoms with van der Waals surface area (Å²) in [4.78, 5) is 2.76. The number of nitrogens with zero attached hydrogens (tertiary/aromatic N) is 1. The molecule has 3 heterocycles. The van der Waals surface area contributed by atoms with Crippen LogP contribution in [0.25, 0.3) is 0 Å². The number of fused-ring (bicyclic) bond motifs is 4. The minimum absolute atomic E-state index is 0.677. The maximum atomic E-state index is 3.77. The molecule has 1 aromatic rings. The van der Waals surface area contributed by atoms with Crippen LogP contribution in [0.15, 0.2) is 18.2 Å². The average Bonchev–Trinajstić information content (AvgIpc) is 2.44. The lowest BCUT2D eigenvalue weighted by molar-refractivity contribution is 0.0552. The quantitative estimate of drug-likeness (QED) is 0.768. The molecule has 0 spiro atoms. The normalized spacial score (nSPS) is 34.3. The highest BCUT2D eigenvalue weighted by Crippen LogP contribution is 2.40. The molecule has 0 aliphatic carbocycles. The van der Waals surface area contributed by atoms with Crippen molar-refractivity contribution in [2.45, 2.75) is 44.7 Å². The largest absolute Gasteiger partial charge is 0.314 e. The van der Waals surface area contributed by atoms with Crippen molar-refractivity contribution < 1.29 is 0 Å². The number of rotatable bonds is 0. The van der Waals surface area contributed by atoms with Crippen LogP contribution in [0.3, 0.4) is 0 Å². The molecule has 1 aromatic carbocycles. The summed E-state index contributed by atoms with van der Waals surface area (Å²) in [7, 11) is 0. The molecule has 0 amide bonds. The number of hydrogen-bond acceptors (Lipinski definition) is 2. The third-order valence-electron chi connectivity index (χ3n) is 5.44. The molecule has 0 bridgehead atoms. The van der Waals surface area contributed by atoms with Crippen molar-refractivity contribution in [3.05, 3.63) is 34.9 Å². The number of benzene rings is 1. The maximum Gasteiger partial charge on any atom is 0.0366 e. The van der Waals surface area contributed by atoms with Crippen LogP contribution >= 0.6 is 0 Å². The Labute approximate surface area is 116 Å². The summed E-state index contributed by atoms with van der Waals surface area (Å²) in [5.41, 5.74) is 4.63. The molecule has 19 heavy (non-hydrogen) atoms. The van der Waals surface area contributed by atoms with Gasteiger partial charge in [-0.25, -0.2) is 0 Å². The van der Waals surface area contributed by atoms with E-state index in [0.717, 1.165) is 12.0 Å². The van der Waals surface area contributed by atoms with Gasteiger partial charge in [-0.05, 0) is 56.2 Å². The smallest absolute Gasteiger partial charge is 0.0366 e. The molecule has 3 aliphatic heterocycles. The number of piperidine rings is 2. The van der Waals surface area contributed by atoms with Crippen molar-refractivity contribution in [2.24, 2.45) is 5.92 Å². The minimum Gasteiger partial charge on any atom is -0.314 e. The van der Waals surface area contributed by atoms with E-state index in [4.69, 9.17) is 0 Å². The predicted molar refractivity (Wildman–Crippen MR) is 78.3 cm³/mol. The fourth-order valence-electron chi connectivity index (χ4n) is 4.44. The third kappa shape index (κ3) is 2.02. The van der Waals surface area contributed by atoms with Gasteiger partial charge in [-0.2, -0.15) is 0 Å². The summed E-state index contributed by atoms with van der Waals surface area (Å²) in [6.45, 7) is 6.03. The lowest BCUT2D eigenvalue weighted by Gasteiger charge is -2.49. The van der Waals surface area contributed by atoms with Gasteiger partial charge in [0.05, 0.1) is 0 Å². The van der Waals surface area contributed by atoms with E-state index in [9.17, 15) is 0 Å². The molecular formula is C17H24N2. The van der Waals surface area contributed by atoms with Gasteiger partial charge in [-0.3, -0.25) is 4.90 Å². The van der Waals surface area contributed by atoms with E-state index in [1.807, 2.05) is 0 Å². The van der Waals surface area contributed by atoms with Gasteiger partial charge in [0.1, 0.15) is 0 Å². The molecule has 3 atom stereocenters. The minimum atomic E-state index is 0.677. The summed E-state index contributed by atoms with van der Waals surface area (Å²) >= 11 is 0. The number of aryl methyl sites for hydroxylation is 1. The summed E-state index contributed by atoms with van der Waals surface area (Å²) < 4.78 is 0. The third-order valence-corrected chi connectivity index (χ3v) is 5.44. The molecule has 1 N–H and O–H groups in total. The first-order chi connectivity index (χ1) is 9.31. The van der Waals surface area contributed by atoms with Crippen LogP contribution in [-0.4, -0.2) is 30.6 Å². The summed E-state index contributed by atoms with van der Waals surface area (Å²) in [5, 5.41) is 3.77. The Kier molecular flexibility index (Phi) is 2.89. The van der Waals surface area contributed by atoms with Crippen molar-refractivity contribution in [3.63, 3.8) is 0 Å². The van der Waals surface area contributed by atoms with E-state index in [2.05, 4.69) is 35.3 Å². The maximum absolute atomic E-state index is 3.77. The zero-order valence-corrected chi connectivity index (χ0v) is 11.9. The second-order valence-corrected chi connectivity index (χ2v) is 6.66. The molecule has 2 saturated heterocycles. The summed E-state index contributed by atoms with van der Waals surface area (Å²) in [6.07, 6.45) is 5.37. The van der Waals surface area contributed by atoms with Crippen LogP contribution in [-0.2, 0) is 6.42 Å². The van der Waals surface area contributed by atoms with Gasteiger partial charge in [-0.1, -0.05) is 23.8 Å². The molecule has 0 unspecified atom stereocenters. The van der Waals surface area contributed by atoms with E-state index in [1.54, 1.807) is 11.1 Å². The van der Waals surface area contributed by atoms with Crippen LogP contribution in [0.2, 0.25) is 0 Å². The predicted octanol–water partition coefficient (Wildman–Crippen LogP) is 2.67. The van der Waals surface area contributed by atoms with Crippen molar-refractivity contribution in [1.29, 1.82) is 0 Å². The zero-order chi connectivity index (χ0) is 12.8. The number of nitrogens with one attached hydrogen (secondary N) is 1. The zero-order valence-electron chi connectivity index (χ0n) is 11.9. The van der Waals surface area contributed by atoms with E-state index < -0.39 is 0 Å². The lowest BCUT2D eigenvalue weighted by Crippen LogP contribution is -2.54. The van der Waals surface area contributed by atoms with E-state index in [0.29, 0.717) is 6.04 Å². The molecule has 0 radical (unpaired) electrons. The topological polar surface area (TPSA) is 15.3 Å². The van der Waals surface area contributed by atoms with Crippen molar-refractivity contribution in [1.82, 2.24) is 10.2 Å². The molecule has 0 aromatic heterocycles. The highest BCUT2D eigenvalue weighted by molar-refractivity contribution is 5.36. The van der Waals surface area contributed by atoms with Gasteiger partial charge < -0.3 is 5.32 Å². The Morgan fingerprint density at radius 1 is 1.32 bits per heavy atom. The van der Waals surface area contributed by atoms with Gasteiger partial charge in [0.25, 0.3) is 0 Å². The first kappa shape index (κ1) is 11.9. The van der Waals surface area contributed by atoms with Gasteiger partial charge in [0.2, 0.25) is 0 Å². The van der Waals surface area contributed by atoms with Crippen LogP contribution < -0.4 is 5.32 Å². The van der Waals surface area contributed by atoms with Gasteiger partial charge >= 0.3 is 0 Å². The second kappa shape index (κ2) is 4.60. The fraction of sp³-hybridized carbons (Fsp3) is 0.647. The SMILES string of the molecule is Cc1ccc2c(c1)CCN1C[C@@H]3CCCN[C@@H]3C[C@H]21. The summed E-state index contributed by atoms with van der Waals surface area (Å²) in [6, 6.07) is 8.54. The molecule has 102 valence electrons. The van der Waals surface area contributed by atoms with Crippen molar-refractivity contribution >= 4 is 0 Å². The number of hydrogen-bond donors (Lipinski definition) is 1. The Morgan fingerprint density at radius 2 is 2.26 bits per heavy atom. The van der Waals surface area contributed by atoms with Crippen LogP contribution in [0.4, 0.5) is 0 Å². The fourth-order valence-corrected chi connectivity index (χ4v) is 4.44. The van der Waals surface area contributed by atoms with Crippen LogP contribution in [0.1, 0.15) is 42.0 Å². The monoisotopic (exact) mass is 256 g/mol. The van der Waals surface area contributed by atoms with Crippen molar-refractivity contribution in [2.75, 3.05) is 19.6 Å². The first-order valence-corrected chi connectivity index (χ1v) is 7.88. The summed E-state index contributed by atoms with van der Waals surface area (Å²) in [5.74, 6) is 0.900. The lowest BCUT2D eigenvalue weighted by atomic mass is 9.77. The van der Waals surface area contributed by atoms with Gasteiger partial charge in [-0.15, -0.1) is 0 Å². The second-order valence-electron chi connectivity index (χ2n) is 6.66. The molecule has 0 saturated carbocycles. The van der Waals surface area contributed by atoms with Gasteiger partial charge in [0.15, 0.2) is 0 Å². The van der Waals surface area contributed by atoms with E-state index in [1.165, 1.54) is 50.9 Å². The Bertz CT molecular complexity index is 482. The van der Waals surface area contributed by atoms with Crippen LogP contribution in [0, 0.1) is 12.8 Å². The Hall–Kier alpha value is -0.860. The average molecular weight is 256 g/mol. The molecule has 2 heteroatoms. The highest BCUT2D eigenvalue weighted by atomic mass is 15.2. The van der Waals surface area contributed by atoms with Gasteiger partial charge in [0, 0.05) is 25.2 Å². The van der Waals surface area contributed by atoms with Crippen LogP contribution in [0.5, 0.6) is 0 Å². The highest BCUT2D eigenvalue weighted by Gasteiger charge is 2.39. The molecule has 2 nitrogen and oxygen atoms in total. The molecule has 2 fully saturated rings. The standard InChI is InChI=1S/C17H24N2/c1-12-4-5-15-13(9-12)6-8-19-11-14-3-2-7-18-16(14)10-17(15)19/h4-5,9,14,16-18H,2-3,6-8,10-11H2,1H3/t14-,16+,17+/m0/s1. The van der Waals surface area contributed by atoms with E-state index >= 15 is 0 Å².